The number of ether oxygens (including phenoxy) is 1. The molecule has 3 aromatic rings. The first-order valence-corrected chi connectivity index (χ1v) is 11.3. The standard InChI is InChI=1S/C23H26Cl2N6O/c1-13-9-16(22(27)28-2)15-6-3-7-19(21(15)30-13)32-12-17-18(24)11-29-23(20(17)25)31-8-4-5-14(31)10-26/h3,6-7,9,11,14H,4-5,8,10,12,26H2,1-2H3,(H2,27,28)/t14-/m0/s1. The van der Waals surface area contributed by atoms with Crippen LogP contribution in [0.2, 0.25) is 10.0 Å². The zero-order valence-electron chi connectivity index (χ0n) is 18.1. The van der Waals surface area contributed by atoms with E-state index in [4.69, 9.17) is 39.4 Å². The minimum Gasteiger partial charge on any atom is -0.487 e. The van der Waals surface area contributed by atoms with Crippen molar-refractivity contribution >= 4 is 45.8 Å². The second-order valence-corrected chi connectivity index (χ2v) is 8.59. The van der Waals surface area contributed by atoms with Crippen LogP contribution in [0.5, 0.6) is 5.75 Å². The van der Waals surface area contributed by atoms with Crippen LogP contribution in [0.4, 0.5) is 5.82 Å². The van der Waals surface area contributed by atoms with E-state index in [1.165, 1.54) is 0 Å². The average Bonchev–Trinajstić information content (AvgIpc) is 3.26. The number of aryl methyl sites for hydroxylation is 1. The molecule has 0 bridgehead atoms. The Morgan fingerprint density at radius 2 is 2.16 bits per heavy atom. The summed E-state index contributed by atoms with van der Waals surface area (Å²) in [7, 11) is 1.66. The van der Waals surface area contributed by atoms with Gasteiger partial charge in [-0.2, -0.15) is 0 Å². The largest absolute Gasteiger partial charge is 0.487 e. The lowest BCUT2D eigenvalue weighted by Crippen LogP contribution is -2.36. The minimum absolute atomic E-state index is 0.176. The van der Waals surface area contributed by atoms with Crippen LogP contribution in [-0.4, -0.2) is 42.0 Å². The van der Waals surface area contributed by atoms with Crippen LogP contribution in [0.15, 0.2) is 35.5 Å². The molecule has 1 saturated heterocycles. The summed E-state index contributed by atoms with van der Waals surface area (Å²) in [6.07, 6.45) is 3.70. The Balaban J connectivity index is 1.69. The zero-order chi connectivity index (χ0) is 22.8. The van der Waals surface area contributed by atoms with Gasteiger partial charge in [-0.3, -0.25) is 4.99 Å². The molecule has 0 unspecified atom stereocenters. The lowest BCUT2D eigenvalue weighted by molar-refractivity contribution is 0.309. The summed E-state index contributed by atoms with van der Waals surface area (Å²) in [6, 6.07) is 7.86. The number of para-hydroxylation sites is 1. The number of nitrogens with zero attached hydrogens (tertiary/aromatic N) is 4. The summed E-state index contributed by atoms with van der Waals surface area (Å²) < 4.78 is 6.18. The van der Waals surface area contributed by atoms with Gasteiger partial charge in [-0.25, -0.2) is 9.97 Å². The number of pyridine rings is 2. The Hall–Kier alpha value is -2.61. The molecule has 0 amide bonds. The Morgan fingerprint density at radius 3 is 2.91 bits per heavy atom. The number of hydrogen-bond donors (Lipinski definition) is 2. The predicted octanol–water partition coefficient (Wildman–Crippen LogP) is 4.09. The van der Waals surface area contributed by atoms with Gasteiger partial charge in [0, 0.05) is 54.6 Å². The van der Waals surface area contributed by atoms with E-state index < -0.39 is 0 Å². The molecule has 1 aliphatic rings. The van der Waals surface area contributed by atoms with Crippen molar-refractivity contribution in [2.45, 2.75) is 32.4 Å². The van der Waals surface area contributed by atoms with Gasteiger partial charge in [-0.1, -0.05) is 35.3 Å². The first kappa shape index (κ1) is 22.6. The number of aliphatic imine (C=N–C) groups is 1. The summed E-state index contributed by atoms with van der Waals surface area (Å²) in [5, 5.41) is 1.81. The molecular weight excluding hydrogens is 447 g/mol. The van der Waals surface area contributed by atoms with E-state index in [0.717, 1.165) is 36.0 Å². The SMILES string of the molecule is CN=C(N)c1cc(C)nc2c(OCc3c(Cl)cnc(N4CCC[C@H]4CN)c3Cl)cccc12. The van der Waals surface area contributed by atoms with Gasteiger partial charge in [-0.15, -0.1) is 0 Å². The van der Waals surface area contributed by atoms with Gasteiger partial charge in [0.15, 0.2) is 0 Å². The Kier molecular flexibility index (Phi) is 6.69. The van der Waals surface area contributed by atoms with Crippen molar-refractivity contribution < 1.29 is 4.74 Å². The number of halogens is 2. The molecule has 4 rings (SSSR count). The fourth-order valence-corrected chi connectivity index (χ4v) is 4.69. The number of hydrogen-bond acceptors (Lipinski definition) is 6. The zero-order valence-corrected chi connectivity index (χ0v) is 19.6. The Labute approximate surface area is 197 Å². The van der Waals surface area contributed by atoms with Gasteiger partial charge in [0.25, 0.3) is 0 Å². The van der Waals surface area contributed by atoms with E-state index in [-0.39, 0.29) is 12.6 Å². The van der Waals surface area contributed by atoms with Crippen LogP contribution >= 0.6 is 23.2 Å². The minimum atomic E-state index is 0.176. The monoisotopic (exact) mass is 472 g/mol. The molecule has 1 atom stereocenters. The highest BCUT2D eigenvalue weighted by Crippen LogP contribution is 2.36. The Morgan fingerprint density at radius 1 is 1.34 bits per heavy atom. The van der Waals surface area contributed by atoms with Gasteiger partial charge in [-0.05, 0) is 31.9 Å². The molecule has 0 radical (unpaired) electrons. The fourth-order valence-electron chi connectivity index (χ4n) is 4.13. The highest BCUT2D eigenvalue weighted by molar-refractivity contribution is 6.37. The van der Waals surface area contributed by atoms with Gasteiger partial charge in [0.2, 0.25) is 0 Å². The third kappa shape index (κ3) is 4.20. The van der Waals surface area contributed by atoms with Crippen LogP contribution < -0.4 is 21.1 Å². The first-order valence-electron chi connectivity index (χ1n) is 10.5. The van der Waals surface area contributed by atoms with Crippen LogP contribution in [-0.2, 0) is 6.61 Å². The Bertz CT molecular complexity index is 1180. The number of aromatic nitrogens is 2. The topological polar surface area (TPSA) is 103 Å². The smallest absolute Gasteiger partial charge is 0.148 e. The maximum Gasteiger partial charge on any atom is 0.148 e. The van der Waals surface area contributed by atoms with E-state index in [2.05, 4.69) is 19.9 Å². The van der Waals surface area contributed by atoms with Gasteiger partial charge in [0.1, 0.15) is 29.5 Å². The predicted molar refractivity (Wildman–Crippen MR) is 131 cm³/mol. The van der Waals surface area contributed by atoms with Crippen molar-refractivity contribution in [2.75, 3.05) is 25.0 Å². The van der Waals surface area contributed by atoms with Crippen molar-refractivity contribution in [2.24, 2.45) is 16.5 Å². The number of rotatable bonds is 6. The van der Waals surface area contributed by atoms with Crippen LogP contribution in [0.25, 0.3) is 10.9 Å². The van der Waals surface area contributed by atoms with Crippen molar-refractivity contribution in [3.8, 4) is 5.75 Å². The lowest BCUT2D eigenvalue weighted by atomic mass is 10.1. The molecule has 7 nitrogen and oxygen atoms in total. The van der Waals surface area contributed by atoms with Gasteiger partial charge in [0.05, 0.1) is 10.0 Å². The second-order valence-electron chi connectivity index (χ2n) is 7.81. The molecule has 2 aromatic heterocycles. The number of nitrogens with two attached hydrogens (primary N) is 2. The molecule has 1 aliphatic heterocycles. The summed E-state index contributed by atoms with van der Waals surface area (Å²) in [6.45, 7) is 3.51. The van der Waals surface area contributed by atoms with Crippen LogP contribution in [0.1, 0.15) is 29.7 Å². The molecule has 1 fully saturated rings. The lowest BCUT2D eigenvalue weighted by Gasteiger charge is -2.26. The van der Waals surface area contributed by atoms with Gasteiger partial charge >= 0.3 is 0 Å². The summed E-state index contributed by atoms with van der Waals surface area (Å²) in [4.78, 5) is 15.4. The van der Waals surface area contributed by atoms with Crippen molar-refractivity contribution in [3.63, 3.8) is 0 Å². The summed E-state index contributed by atoms with van der Waals surface area (Å²) >= 11 is 13.2. The maximum atomic E-state index is 6.75. The third-order valence-electron chi connectivity index (χ3n) is 5.79. The number of benzene rings is 1. The van der Waals surface area contributed by atoms with E-state index in [0.29, 0.717) is 45.1 Å². The van der Waals surface area contributed by atoms with Gasteiger partial charge < -0.3 is 21.1 Å². The maximum absolute atomic E-state index is 6.75. The van der Waals surface area contributed by atoms with E-state index in [9.17, 15) is 0 Å². The quantitative estimate of drug-likeness (QED) is 0.413. The average molecular weight is 473 g/mol. The van der Waals surface area contributed by atoms with E-state index in [1.807, 2.05) is 31.2 Å². The molecule has 9 heteroatoms. The molecule has 0 aliphatic carbocycles. The van der Waals surface area contributed by atoms with Crippen LogP contribution in [0.3, 0.4) is 0 Å². The van der Waals surface area contributed by atoms with Crippen molar-refractivity contribution in [3.05, 3.63) is 57.3 Å². The number of fused-ring (bicyclic) bond motifs is 1. The van der Waals surface area contributed by atoms with E-state index in [1.54, 1.807) is 13.2 Å². The fraction of sp³-hybridized carbons (Fsp3) is 0.348. The molecule has 0 spiro atoms. The van der Waals surface area contributed by atoms with Crippen molar-refractivity contribution in [1.29, 1.82) is 0 Å². The highest BCUT2D eigenvalue weighted by Gasteiger charge is 2.27. The third-order valence-corrected chi connectivity index (χ3v) is 6.51. The number of anilines is 1. The second kappa shape index (κ2) is 9.48. The molecular formula is C23H26Cl2N6O. The molecule has 0 saturated carbocycles. The molecule has 1 aromatic carbocycles. The molecule has 4 N–H and O–H groups in total. The molecule has 168 valence electrons. The molecule has 3 heterocycles. The first-order chi connectivity index (χ1) is 15.4. The summed E-state index contributed by atoms with van der Waals surface area (Å²) in [5.41, 5.74) is 15.1. The highest BCUT2D eigenvalue weighted by atomic mass is 35.5. The summed E-state index contributed by atoms with van der Waals surface area (Å²) in [5.74, 6) is 1.76. The van der Waals surface area contributed by atoms with Crippen LogP contribution in [0, 0.1) is 6.92 Å². The van der Waals surface area contributed by atoms with E-state index >= 15 is 0 Å². The van der Waals surface area contributed by atoms with Crippen molar-refractivity contribution in [1.82, 2.24) is 9.97 Å². The molecule has 32 heavy (non-hydrogen) atoms. The normalized spacial score (nSPS) is 16.7. The number of amidine groups is 1.